The van der Waals surface area contributed by atoms with Crippen molar-refractivity contribution in [1.82, 2.24) is 0 Å². The van der Waals surface area contributed by atoms with E-state index < -0.39 is 5.97 Å². The quantitative estimate of drug-likeness (QED) is 0.197. The van der Waals surface area contributed by atoms with Gasteiger partial charge in [0.2, 0.25) is 0 Å². The molecule has 0 unspecified atom stereocenters. The van der Waals surface area contributed by atoms with Crippen molar-refractivity contribution in [1.29, 1.82) is 0 Å². The van der Waals surface area contributed by atoms with Crippen LogP contribution in [0.2, 0.25) is 0 Å². The van der Waals surface area contributed by atoms with E-state index in [9.17, 15) is 9.90 Å². The first kappa shape index (κ1) is 27.3. The van der Waals surface area contributed by atoms with Crippen LogP contribution in [0.1, 0.15) is 127 Å². The number of carboxylic acid groups (broad SMARTS) is 1. The molecule has 0 radical (unpaired) electrons. The van der Waals surface area contributed by atoms with Crippen LogP contribution in [0.4, 0.5) is 0 Å². The SMILES string of the molecule is CCCCCCCCCCOc1ccc(C(=O)O)cc1OCCCCCCCCCC. The molecule has 1 aromatic carbocycles. The Kier molecular flexibility index (Phi) is 16.8. The van der Waals surface area contributed by atoms with E-state index in [1.165, 1.54) is 83.5 Å². The predicted molar refractivity (Wildman–Crippen MR) is 130 cm³/mol. The topological polar surface area (TPSA) is 55.8 Å². The first-order valence-electron chi connectivity index (χ1n) is 12.8. The molecule has 0 amide bonds. The minimum absolute atomic E-state index is 0.241. The summed E-state index contributed by atoms with van der Waals surface area (Å²) in [5.74, 6) is 0.279. The lowest BCUT2D eigenvalue weighted by atomic mass is 10.1. The smallest absolute Gasteiger partial charge is 0.335 e. The molecule has 0 atom stereocenters. The molecule has 0 fully saturated rings. The van der Waals surface area contributed by atoms with E-state index >= 15 is 0 Å². The van der Waals surface area contributed by atoms with Crippen molar-refractivity contribution >= 4 is 5.97 Å². The van der Waals surface area contributed by atoms with Crippen molar-refractivity contribution in [2.24, 2.45) is 0 Å². The zero-order chi connectivity index (χ0) is 22.6. The van der Waals surface area contributed by atoms with Crippen molar-refractivity contribution < 1.29 is 19.4 Å². The predicted octanol–water partition coefficient (Wildman–Crippen LogP) is 8.42. The number of benzene rings is 1. The normalized spacial score (nSPS) is 10.9. The highest BCUT2D eigenvalue weighted by Crippen LogP contribution is 2.29. The van der Waals surface area contributed by atoms with Gasteiger partial charge in [0.15, 0.2) is 11.5 Å². The van der Waals surface area contributed by atoms with Crippen LogP contribution < -0.4 is 9.47 Å². The number of hydrogen-bond acceptors (Lipinski definition) is 3. The van der Waals surface area contributed by atoms with Crippen molar-refractivity contribution in [3.05, 3.63) is 23.8 Å². The van der Waals surface area contributed by atoms with Gasteiger partial charge in [0, 0.05) is 0 Å². The second-order valence-electron chi connectivity index (χ2n) is 8.61. The number of unbranched alkanes of at least 4 members (excludes halogenated alkanes) is 14. The van der Waals surface area contributed by atoms with Crippen LogP contribution >= 0.6 is 0 Å². The molecule has 4 nitrogen and oxygen atoms in total. The van der Waals surface area contributed by atoms with Crippen LogP contribution in [0.25, 0.3) is 0 Å². The Morgan fingerprint density at radius 3 is 1.52 bits per heavy atom. The fourth-order valence-corrected chi connectivity index (χ4v) is 3.71. The molecule has 0 saturated carbocycles. The molecule has 31 heavy (non-hydrogen) atoms. The van der Waals surface area contributed by atoms with Gasteiger partial charge in [-0.15, -0.1) is 0 Å². The van der Waals surface area contributed by atoms with E-state index in [4.69, 9.17) is 9.47 Å². The van der Waals surface area contributed by atoms with Crippen LogP contribution in [0.5, 0.6) is 11.5 Å². The summed E-state index contributed by atoms with van der Waals surface area (Å²) in [7, 11) is 0. The van der Waals surface area contributed by atoms with E-state index in [1.807, 2.05) is 0 Å². The molecule has 1 aromatic rings. The second kappa shape index (κ2) is 19.0. The molecule has 0 aromatic heterocycles. The first-order valence-corrected chi connectivity index (χ1v) is 12.8. The second-order valence-corrected chi connectivity index (χ2v) is 8.61. The third-order valence-electron chi connectivity index (χ3n) is 5.70. The molecular weight excluding hydrogens is 388 g/mol. The van der Waals surface area contributed by atoms with Gasteiger partial charge in [-0.2, -0.15) is 0 Å². The molecule has 0 bridgehead atoms. The van der Waals surface area contributed by atoms with Crippen LogP contribution in [0, 0.1) is 0 Å². The summed E-state index contributed by atoms with van der Waals surface area (Å²) >= 11 is 0. The molecule has 0 saturated heterocycles. The molecule has 0 spiro atoms. The number of carbonyl (C=O) groups is 1. The highest BCUT2D eigenvalue weighted by Gasteiger charge is 2.11. The molecule has 0 heterocycles. The number of rotatable bonds is 21. The highest BCUT2D eigenvalue weighted by atomic mass is 16.5. The van der Waals surface area contributed by atoms with Gasteiger partial charge in [-0.25, -0.2) is 4.79 Å². The maximum atomic E-state index is 11.3. The summed E-state index contributed by atoms with van der Waals surface area (Å²) in [6.45, 7) is 5.74. The fourth-order valence-electron chi connectivity index (χ4n) is 3.71. The van der Waals surface area contributed by atoms with Gasteiger partial charge in [-0.1, -0.05) is 104 Å². The van der Waals surface area contributed by atoms with Gasteiger partial charge < -0.3 is 14.6 Å². The van der Waals surface area contributed by atoms with Crippen LogP contribution in [0.15, 0.2) is 18.2 Å². The van der Waals surface area contributed by atoms with E-state index in [0.29, 0.717) is 24.7 Å². The van der Waals surface area contributed by atoms with Crippen molar-refractivity contribution in [3.8, 4) is 11.5 Å². The van der Waals surface area contributed by atoms with Crippen molar-refractivity contribution in [2.45, 2.75) is 117 Å². The number of hydrogen-bond donors (Lipinski definition) is 1. The van der Waals surface area contributed by atoms with E-state index in [1.54, 1.807) is 18.2 Å². The van der Waals surface area contributed by atoms with Gasteiger partial charge in [0.1, 0.15) is 0 Å². The van der Waals surface area contributed by atoms with Crippen LogP contribution in [-0.4, -0.2) is 24.3 Å². The Morgan fingerprint density at radius 2 is 1.06 bits per heavy atom. The van der Waals surface area contributed by atoms with Gasteiger partial charge in [-0.05, 0) is 31.0 Å². The third kappa shape index (κ3) is 14.1. The summed E-state index contributed by atoms with van der Waals surface area (Å²) in [4.78, 5) is 11.3. The minimum Gasteiger partial charge on any atom is -0.490 e. The van der Waals surface area contributed by atoms with Crippen molar-refractivity contribution in [3.63, 3.8) is 0 Å². The Labute approximate surface area is 190 Å². The van der Waals surface area contributed by atoms with E-state index in [0.717, 1.165) is 19.3 Å². The average Bonchev–Trinajstić information content (AvgIpc) is 2.77. The highest BCUT2D eigenvalue weighted by molar-refractivity contribution is 5.88. The Hall–Kier alpha value is -1.71. The van der Waals surface area contributed by atoms with Gasteiger partial charge in [0.05, 0.1) is 18.8 Å². The minimum atomic E-state index is -0.938. The zero-order valence-electron chi connectivity index (χ0n) is 20.1. The fraction of sp³-hybridized carbons (Fsp3) is 0.741. The maximum absolute atomic E-state index is 11.3. The maximum Gasteiger partial charge on any atom is 0.335 e. The number of aromatic carboxylic acids is 1. The van der Waals surface area contributed by atoms with Crippen molar-refractivity contribution in [2.75, 3.05) is 13.2 Å². The molecule has 0 aliphatic heterocycles. The number of carboxylic acids is 1. The van der Waals surface area contributed by atoms with Crippen LogP contribution in [-0.2, 0) is 0 Å². The van der Waals surface area contributed by atoms with Gasteiger partial charge in [-0.3, -0.25) is 0 Å². The average molecular weight is 435 g/mol. The summed E-state index contributed by atoms with van der Waals surface area (Å²) in [5, 5.41) is 9.28. The van der Waals surface area contributed by atoms with E-state index in [2.05, 4.69) is 13.8 Å². The summed E-state index contributed by atoms with van der Waals surface area (Å²) in [6, 6.07) is 4.92. The summed E-state index contributed by atoms with van der Waals surface area (Å²) in [6.07, 6.45) is 20.0. The molecule has 178 valence electrons. The lowest BCUT2D eigenvalue weighted by Gasteiger charge is -2.14. The summed E-state index contributed by atoms with van der Waals surface area (Å²) in [5.41, 5.74) is 0.241. The van der Waals surface area contributed by atoms with Crippen LogP contribution in [0.3, 0.4) is 0 Å². The molecule has 4 heteroatoms. The van der Waals surface area contributed by atoms with Gasteiger partial charge >= 0.3 is 5.97 Å². The molecule has 1 rings (SSSR count). The Bertz CT molecular complexity index is 570. The largest absolute Gasteiger partial charge is 0.490 e. The monoisotopic (exact) mass is 434 g/mol. The number of ether oxygens (including phenoxy) is 2. The standard InChI is InChI=1S/C27H46O4/c1-3-5-7-9-11-13-15-17-21-30-25-20-19-24(27(28)29)23-26(25)31-22-18-16-14-12-10-8-6-4-2/h19-20,23H,3-18,21-22H2,1-2H3,(H,28,29). The summed E-state index contributed by atoms with van der Waals surface area (Å²) < 4.78 is 11.9. The molecule has 0 aliphatic carbocycles. The Balaban J connectivity index is 2.30. The Morgan fingerprint density at radius 1 is 0.645 bits per heavy atom. The van der Waals surface area contributed by atoms with E-state index in [-0.39, 0.29) is 5.56 Å². The third-order valence-corrected chi connectivity index (χ3v) is 5.70. The molecular formula is C27H46O4. The zero-order valence-corrected chi connectivity index (χ0v) is 20.1. The molecule has 0 aliphatic rings. The molecule has 1 N–H and O–H groups in total. The lowest BCUT2D eigenvalue weighted by molar-refractivity contribution is 0.0696. The lowest BCUT2D eigenvalue weighted by Crippen LogP contribution is -2.05. The first-order chi connectivity index (χ1) is 15.2. The van der Waals surface area contributed by atoms with Gasteiger partial charge in [0.25, 0.3) is 0 Å².